The van der Waals surface area contributed by atoms with Crippen LogP contribution in [0.1, 0.15) is 46.4 Å². The van der Waals surface area contributed by atoms with Crippen molar-refractivity contribution in [1.82, 2.24) is 0 Å². The van der Waals surface area contributed by atoms with Gasteiger partial charge in [-0.3, -0.25) is 4.79 Å². The van der Waals surface area contributed by atoms with Crippen molar-refractivity contribution in [2.45, 2.75) is 39.3 Å². The number of rotatable bonds is 4. The Hall–Kier alpha value is -3.27. The Kier molecular flexibility index (Phi) is 5.49. The summed E-state index contributed by atoms with van der Waals surface area (Å²) < 4.78 is 5.23. The Morgan fingerprint density at radius 1 is 0.967 bits per heavy atom. The number of anilines is 2. The molecule has 4 rings (SSSR count). The van der Waals surface area contributed by atoms with Gasteiger partial charge in [-0.1, -0.05) is 35.4 Å². The van der Waals surface area contributed by atoms with Crippen molar-refractivity contribution in [3.05, 3.63) is 89.0 Å². The van der Waals surface area contributed by atoms with Crippen LogP contribution in [0.5, 0.6) is 5.75 Å². The van der Waals surface area contributed by atoms with E-state index in [0.29, 0.717) is 5.56 Å². The first kappa shape index (κ1) is 20.0. The molecule has 0 radical (unpaired) electrons. The zero-order valence-electron chi connectivity index (χ0n) is 18.0. The van der Waals surface area contributed by atoms with Crippen LogP contribution in [0.4, 0.5) is 11.4 Å². The summed E-state index contributed by atoms with van der Waals surface area (Å²) in [4.78, 5) is 15.4. The Bertz CT molecular complexity index is 1040. The standard InChI is InChI=1S/C26H28N2O2/c1-17-5-10-21(11-6-17)27-24-16-19(3)28(25-14-7-18(2)15-23(24)25)26(29)20-8-12-22(30-4)13-9-20/h5-15,19,24,27H,16H2,1-4H3. The average Bonchev–Trinajstić information content (AvgIpc) is 2.75. The van der Waals surface area contributed by atoms with E-state index in [4.69, 9.17) is 4.74 Å². The summed E-state index contributed by atoms with van der Waals surface area (Å²) in [6.07, 6.45) is 0.840. The molecule has 2 unspecified atom stereocenters. The van der Waals surface area contributed by atoms with Gasteiger partial charge in [-0.15, -0.1) is 0 Å². The van der Waals surface area contributed by atoms with Crippen molar-refractivity contribution >= 4 is 17.3 Å². The van der Waals surface area contributed by atoms with Crippen LogP contribution in [0.2, 0.25) is 0 Å². The molecule has 0 aliphatic carbocycles. The van der Waals surface area contributed by atoms with Gasteiger partial charge >= 0.3 is 0 Å². The second kappa shape index (κ2) is 8.23. The maximum absolute atomic E-state index is 13.4. The minimum atomic E-state index is 0.0176. The maximum Gasteiger partial charge on any atom is 0.258 e. The third-order valence-corrected chi connectivity index (χ3v) is 5.78. The molecule has 0 spiro atoms. The molecule has 3 aromatic rings. The van der Waals surface area contributed by atoms with Crippen molar-refractivity contribution in [3.8, 4) is 5.75 Å². The van der Waals surface area contributed by atoms with Crippen molar-refractivity contribution in [2.24, 2.45) is 0 Å². The molecule has 0 aromatic heterocycles. The minimum absolute atomic E-state index is 0.0176. The summed E-state index contributed by atoms with van der Waals surface area (Å²) in [5.41, 5.74) is 6.33. The van der Waals surface area contributed by atoms with E-state index in [1.807, 2.05) is 29.2 Å². The monoisotopic (exact) mass is 400 g/mol. The number of fused-ring (bicyclic) bond motifs is 1. The van der Waals surface area contributed by atoms with Crippen LogP contribution in [0.25, 0.3) is 0 Å². The Morgan fingerprint density at radius 3 is 2.30 bits per heavy atom. The predicted molar refractivity (Wildman–Crippen MR) is 123 cm³/mol. The van der Waals surface area contributed by atoms with Crippen molar-refractivity contribution in [3.63, 3.8) is 0 Å². The van der Waals surface area contributed by atoms with Crippen LogP contribution < -0.4 is 15.0 Å². The number of methoxy groups -OCH3 is 1. The van der Waals surface area contributed by atoms with E-state index in [9.17, 15) is 4.79 Å². The molecule has 0 saturated heterocycles. The molecular formula is C26H28N2O2. The van der Waals surface area contributed by atoms with Crippen LogP contribution in [-0.2, 0) is 0 Å². The lowest BCUT2D eigenvalue weighted by Crippen LogP contribution is -2.44. The smallest absolute Gasteiger partial charge is 0.258 e. The molecule has 0 fully saturated rings. The molecule has 4 heteroatoms. The van der Waals surface area contributed by atoms with Gasteiger partial charge in [-0.2, -0.15) is 0 Å². The third kappa shape index (κ3) is 3.90. The highest BCUT2D eigenvalue weighted by Crippen LogP contribution is 2.40. The highest BCUT2D eigenvalue weighted by atomic mass is 16.5. The number of nitrogens with one attached hydrogen (secondary N) is 1. The summed E-state index contributed by atoms with van der Waals surface area (Å²) in [5, 5.41) is 3.68. The van der Waals surface area contributed by atoms with Crippen LogP contribution in [-0.4, -0.2) is 19.1 Å². The number of ether oxygens (including phenoxy) is 1. The zero-order valence-corrected chi connectivity index (χ0v) is 18.0. The van der Waals surface area contributed by atoms with E-state index >= 15 is 0 Å². The third-order valence-electron chi connectivity index (χ3n) is 5.78. The van der Waals surface area contributed by atoms with Crippen LogP contribution in [0.15, 0.2) is 66.7 Å². The zero-order chi connectivity index (χ0) is 21.3. The molecule has 30 heavy (non-hydrogen) atoms. The topological polar surface area (TPSA) is 41.6 Å². The van der Waals surface area contributed by atoms with Crippen molar-refractivity contribution in [1.29, 1.82) is 0 Å². The van der Waals surface area contributed by atoms with Crippen LogP contribution in [0.3, 0.4) is 0 Å². The molecule has 0 bridgehead atoms. The van der Waals surface area contributed by atoms with Gasteiger partial charge in [0.2, 0.25) is 0 Å². The van der Waals surface area contributed by atoms with E-state index in [2.05, 4.69) is 68.6 Å². The molecule has 1 amide bonds. The van der Waals surface area contributed by atoms with E-state index < -0.39 is 0 Å². The number of carbonyl (C=O) groups is 1. The second-order valence-corrected chi connectivity index (χ2v) is 8.11. The first-order chi connectivity index (χ1) is 14.5. The summed E-state index contributed by atoms with van der Waals surface area (Å²) in [5.74, 6) is 0.765. The summed E-state index contributed by atoms with van der Waals surface area (Å²) in [7, 11) is 1.63. The summed E-state index contributed by atoms with van der Waals surface area (Å²) in [6, 6.07) is 22.4. The number of hydrogen-bond donors (Lipinski definition) is 1. The quantitative estimate of drug-likeness (QED) is 0.592. The average molecular weight is 401 g/mol. The molecule has 3 aromatic carbocycles. The van der Waals surface area contributed by atoms with Gasteiger partial charge < -0.3 is 15.0 Å². The number of aryl methyl sites for hydroxylation is 2. The van der Waals surface area contributed by atoms with Crippen molar-refractivity contribution < 1.29 is 9.53 Å². The molecule has 1 heterocycles. The lowest BCUT2D eigenvalue weighted by Gasteiger charge is -2.40. The molecule has 1 N–H and O–H groups in total. The fourth-order valence-corrected chi connectivity index (χ4v) is 4.15. The number of hydrogen-bond acceptors (Lipinski definition) is 3. The van der Waals surface area contributed by atoms with Crippen molar-refractivity contribution in [2.75, 3.05) is 17.3 Å². The second-order valence-electron chi connectivity index (χ2n) is 8.11. The number of benzene rings is 3. The van der Waals surface area contributed by atoms with E-state index in [1.165, 1.54) is 11.1 Å². The van der Waals surface area contributed by atoms with Gasteiger partial charge in [0.15, 0.2) is 0 Å². The van der Waals surface area contributed by atoms with Gasteiger partial charge in [0.05, 0.1) is 13.2 Å². The summed E-state index contributed by atoms with van der Waals surface area (Å²) in [6.45, 7) is 6.30. The van der Waals surface area contributed by atoms with Gasteiger partial charge in [-0.05, 0) is 75.2 Å². The van der Waals surface area contributed by atoms with E-state index in [1.54, 1.807) is 7.11 Å². The Labute approximate surface area is 178 Å². The minimum Gasteiger partial charge on any atom is -0.497 e. The maximum atomic E-state index is 13.4. The number of carbonyl (C=O) groups excluding carboxylic acids is 1. The van der Waals surface area contributed by atoms with Crippen LogP contribution in [0, 0.1) is 13.8 Å². The highest BCUT2D eigenvalue weighted by molar-refractivity contribution is 6.07. The van der Waals surface area contributed by atoms with Gasteiger partial charge in [-0.25, -0.2) is 0 Å². The largest absolute Gasteiger partial charge is 0.497 e. The Balaban J connectivity index is 1.68. The molecule has 4 nitrogen and oxygen atoms in total. The number of amides is 1. The SMILES string of the molecule is COc1ccc(C(=O)N2c3ccc(C)cc3C(Nc3ccc(C)cc3)CC2C)cc1. The van der Waals surface area contributed by atoms with E-state index in [-0.39, 0.29) is 18.0 Å². The molecule has 0 saturated carbocycles. The summed E-state index contributed by atoms with van der Waals surface area (Å²) >= 11 is 0. The fraction of sp³-hybridized carbons (Fsp3) is 0.269. The van der Waals surface area contributed by atoms with Gasteiger partial charge in [0.1, 0.15) is 5.75 Å². The lowest BCUT2D eigenvalue weighted by molar-refractivity contribution is 0.0974. The molecule has 2 atom stereocenters. The van der Waals surface area contributed by atoms with E-state index in [0.717, 1.165) is 29.1 Å². The first-order valence-corrected chi connectivity index (χ1v) is 10.4. The molecule has 154 valence electrons. The van der Waals surface area contributed by atoms with Gasteiger partial charge in [0.25, 0.3) is 5.91 Å². The van der Waals surface area contributed by atoms with Gasteiger partial charge in [0, 0.05) is 23.0 Å². The molecule has 1 aliphatic rings. The fourth-order valence-electron chi connectivity index (χ4n) is 4.15. The van der Waals surface area contributed by atoms with Crippen LogP contribution >= 0.6 is 0 Å². The molecular weight excluding hydrogens is 372 g/mol. The predicted octanol–water partition coefficient (Wildman–Crippen LogP) is 5.90. The Morgan fingerprint density at radius 2 is 1.63 bits per heavy atom. The number of nitrogens with zero attached hydrogens (tertiary/aromatic N) is 1. The normalized spacial score (nSPS) is 17.9. The molecule has 1 aliphatic heterocycles. The lowest BCUT2D eigenvalue weighted by atomic mass is 9.89. The first-order valence-electron chi connectivity index (χ1n) is 10.4. The highest BCUT2D eigenvalue weighted by Gasteiger charge is 2.34.